The lowest BCUT2D eigenvalue weighted by atomic mass is 9.94. The van der Waals surface area contributed by atoms with Crippen molar-refractivity contribution >= 4 is 11.9 Å². The summed E-state index contributed by atoms with van der Waals surface area (Å²) in [5.74, 6) is -1.34. The molecule has 0 aromatic carbocycles. The third-order valence-electron chi connectivity index (χ3n) is 4.01. The highest BCUT2D eigenvalue weighted by Gasteiger charge is 2.30. The molecule has 0 unspecified atom stereocenters. The summed E-state index contributed by atoms with van der Waals surface area (Å²) in [6, 6.07) is 5.39. The fraction of sp³-hybridized carbons (Fsp3) is 0.562. The molecule has 1 aliphatic carbocycles. The number of hydrogen-bond acceptors (Lipinski definition) is 3. The van der Waals surface area contributed by atoms with Crippen LogP contribution >= 0.6 is 0 Å². The molecule has 21 heavy (non-hydrogen) atoms. The van der Waals surface area contributed by atoms with Crippen molar-refractivity contribution in [3.8, 4) is 0 Å². The Kier molecular flexibility index (Phi) is 5.72. The number of amides is 1. The van der Waals surface area contributed by atoms with Crippen molar-refractivity contribution in [2.45, 2.75) is 51.0 Å². The molecule has 1 aromatic heterocycles. The third kappa shape index (κ3) is 4.85. The number of aliphatic carboxylic acids is 1. The van der Waals surface area contributed by atoms with E-state index in [2.05, 4.69) is 10.3 Å². The summed E-state index contributed by atoms with van der Waals surface area (Å²) in [4.78, 5) is 27.5. The minimum absolute atomic E-state index is 0.0844. The average molecular weight is 290 g/mol. The van der Waals surface area contributed by atoms with Gasteiger partial charge in [0.15, 0.2) is 0 Å². The van der Waals surface area contributed by atoms with Gasteiger partial charge in [-0.1, -0.05) is 25.3 Å². The van der Waals surface area contributed by atoms with Crippen molar-refractivity contribution < 1.29 is 14.7 Å². The highest BCUT2D eigenvalue weighted by atomic mass is 16.4. The van der Waals surface area contributed by atoms with Crippen molar-refractivity contribution in [1.82, 2.24) is 10.3 Å². The van der Waals surface area contributed by atoms with Gasteiger partial charge in [0.25, 0.3) is 0 Å². The molecule has 2 rings (SSSR count). The molecule has 0 radical (unpaired) electrons. The lowest BCUT2D eigenvalue weighted by Gasteiger charge is -2.22. The molecule has 2 atom stereocenters. The third-order valence-corrected chi connectivity index (χ3v) is 4.01. The van der Waals surface area contributed by atoms with E-state index < -0.39 is 11.9 Å². The molecule has 1 aliphatic rings. The van der Waals surface area contributed by atoms with Gasteiger partial charge in [-0.05, 0) is 31.4 Å². The molecule has 0 saturated heterocycles. The van der Waals surface area contributed by atoms with Crippen LogP contribution in [0.2, 0.25) is 0 Å². The highest BCUT2D eigenvalue weighted by Crippen LogP contribution is 2.24. The van der Waals surface area contributed by atoms with Crippen molar-refractivity contribution in [1.29, 1.82) is 0 Å². The van der Waals surface area contributed by atoms with Crippen LogP contribution in [-0.4, -0.2) is 28.0 Å². The normalized spacial score (nSPS) is 22.3. The molecule has 5 nitrogen and oxygen atoms in total. The Balaban J connectivity index is 1.86. The van der Waals surface area contributed by atoms with E-state index in [-0.39, 0.29) is 11.9 Å². The Morgan fingerprint density at radius 3 is 2.76 bits per heavy atom. The monoisotopic (exact) mass is 290 g/mol. The first-order chi connectivity index (χ1) is 10.2. The Morgan fingerprint density at radius 2 is 2.05 bits per heavy atom. The van der Waals surface area contributed by atoms with Gasteiger partial charge in [0.2, 0.25) is 5.91 Å². The molecule has 1 aromatic rings. The maximum Gasteiger partial charge on any atom is 0.308 e. The number of pyridine rings is 1. The largest absolute Gasteiger partial charge is 0.481 e. The number of aryl methyl sites for hydroxylation is 1. The van der Waals surface area contributed by atoms with Gasteiger partial charge in [-0.25, -0.2) is 0 Å². The van der Waals surface area contributed by atoms with Crippen LogP contribution in [0.3, 0.4) is 0 Å². The molecule has 2 N–H and O–H groups in total. The minimum atomic E-state index is -0.799. The van der Waals surface area contributed by atoms with E-state index in [1.807, 2.05) is 18.2 Å². The second-order valence-electron chi connectivity index (χ2n) is 5.58. The maximum absolute atomic E-state index is 12.0. The van der Waals surface area contributed by atoms with Crippen LogP contribution in [0.1, 0.15) is 44.2 Å². The molecular formula is C16H22N2O3. The average Bonchev–Trinajstić information content (AvgIpc) is 2.72. The van der Waals surface area contributed by atoms with Gasteiger partial charge in [-0.15, -0.1) is 0 Å². The van der Waals surface area contributed by atoms with Crippen LogP contribution < -0.4 is 5.32 Å². The van der Waals surface area contributed by atoms with E-state index in [1.165, 1.54) is 0 Å². The molecule has 1 amide bonds. The number of carboxylic acid groups (broad SMARTS) is 1. The molecule has 5 heteroatoms. The maximum atomic E-state index is 12.0. The number of rotatable bonds is 5. The standard InChI is InChI=1S/C16H22N2O3/c19-15(10-9-12-6-4-5-11-17-12)18-14-8-3-1-2-7-13(14)16(20)21/h4-6,11,13-14H,1-3,7-10H2,(H,18,19)(H,20,21)/t13-,14+/m1/s1. The van der Waals surface area contributed by atoms with Gasteiger partial charge in [-0.2, -0.15) is 0 Å². The fourth-order valence-electron chi connectivity index (χ4n) is 2.84. The Hall–Kier alpha value is -1.91. The zero-order valence-corrected chi connectivity index (χ0v) is 12.1. The summed E-state index contributed by atoms with van der Waals surface area (Å²) >= 11 is 0. The molecular weight excluding hydrogens is 268 g/mol. The van der Waals surface area contributed by atoms with E-state index in [0.29, 0.717) is 19.3 Å². The molecule has 114 valence electrons. The number of nitrogens with zero attached hydrogens (tertiary/aromatic N) is 1. The topological polar surface area (TPSA) is 79.3 Å². The van der Waals surface area contributed by atoms with E-state index in [9.17, 15) is 14.7 Å². The van der Waals surface area contributed by atoms with Crippen molar-refractivity contribution in [2.24, 2.45) is 5.92 Å². The van der Waals surface area contributed by atoms with E-state index in [4.69, 9.17) is 0 Å². The number of aromatic nitrogens is 1. The summed E-state index contributed by atoms with van der Waals surface area (Å²) in [5.41, 5.74) is 0.878. The van der Waals surface area contributed by atoms with E-state index in [1.54, 1.807) is 6.20 Å². The van der Waals surface area contributed by atoms with Crippen molar-refractivity contribution in [2.75, 3.05) is 0 Å². The first-order valence-electron chi connectivity index (χ1n) is 7.59. The van der Waals surface area contributed by atoms with Gasteiger partial charge in [0.05, 0.1) is 5.92 Å². The van der Waals surface area contributed by atoms with Gasteiger partial charge in [0.1, 0.15) is 0 Å². The number of hydrogen-bond donors (Lipinski definition) is 2. The number of nitrogens with one attached hydrogen (secondary N) is 1. The van der Waals surface area contributed by atoms with Crippen LogP contribution in [-0.2, 0) is 16.0 Å². The highest BCUT2D eigenvalue weighted by molar-refractivity contribution is 5.78. The van der Waals surface area contributed by atoms with Crippen LogP contribution in [0.5, 0.6) is 0 Å². The van der Waals surface area contributed by atoms with Gasteiger partial charge < -0.3 is 10.4 Å². The zero-order valence-electron chi connectivity index (χ0n) is 12.1. The first kappa shape index (κ1) is 15.5. The number of carbonyl (C=O) groups excluding carboxylic acids is 1. The van der Waals surface area contributed by atoms with Crippen molar-refractivity contribution in [3.63, 3.8) is 0 Å². The van der Waals surface area contributed by atoms with E-state index in [0.717, 1.165) is 31.4 Å². The lowest BCUT2D eigenvalue weighted by molar-refractivity contribution is -0.143. The van der Waals surface area contributed by atoms with Gasteiger partial charge in [-0.3, -0.25) is 14.6 Å². The fourth-order valence-corrected chi connectivity index (χ4v) is 2.84. The van der Waals surface area contributed by atoms with Crippen molar-refractivity contribution in [3.05, 3.63) is 30.1 Å². The summed E-state index contributed by atoms with van der Waals surface area (Å²) < 4.78 is 0. The number of carbonyl (C=O) groups is 2. The van der Waals surface area contributed by atoms with Gasteiger partial charge in [0, 0.05) is 24.4 Å². The first-order valence-corrected chi connectivity index (χ1v) is 7.59. The number of carboxylic acids is 1. The molecule has 0 aliphatic heterocycles. The Bertz CT molecular complexity index is 476. The summed E-state index contributed by atoms with van der Waals surface area (Å²) in [7, 11) is 0. The van der Waals surface area contributed by atoms with Crippen LogP contribution in [0.4, 0.5) is 0 Å². The SMILES string of the molecule is O=C(CCc1ccccn1)N[C@H]1CCCCC[C@H]1C(=O)O. The molecule has 0 spiro atoms. The quantitative estimate of drug-likeness (QED) is 0.814. The molecule has 1 heterocycles. The minimum Gasteiger partial charge on any atom is -0.481 e. The summed E-state index contributed by atoms with van der Waals surface area (Å²) in [5, 5.41) is 12.2. The Morgan fingerprint density at radius 1 is 1.24 bits per heavy atom. The van der Waals surface area contributed by atoms with Gasteiger partial charge >= 0.3 is 5.97 Å². The zero-order chi connectivity index (χ0) is 15.1. The van der Waals surface area contributed by atoms with E-state index >= 15 is 0 Å². The lowest BCUT2D eigenvalue weighted by Crippen LogP contribution is -2.42. The second-order valence-corrected chi connectivity index (χ2v) is 5.58. The smallest absolute Gasteiger partial charge is 0.308 e. The summed E-state index contributed by atoms with van der Waals surface area (Å²) in [6.45, 7) is 0. The second kappa shape index (κ2) is 7.76. The van der Waals surface area contributed by atoms with Crippen LogP contribution in [0, 0.1) is 5.92 Å². The summed E-state index contributed by atoms with van der Waals surface area (Å²) in [6.07, 6.45) is 7.00. The Labute approximate surface area is 124 Å². The molecule has 0 bridgehead atoms. The predicted molar refractivity (Wildman–Crippen MR) is 78.7 cm³/mol. The van der Waals surface area contributed by atoms with Crippen LogP contribution in [0.15, 0.2) is 24.4 Å². The van der Waals surface area contributed by atoms with Crippen LogP contribution in [0.25, 0.3) is 0 Å². The molecule has 1 saturated carbocycles. The molecule has 1 fully saturated rings. The predicted octanol–water partition coefficient (Wildman–Crippen LogP) is 2.16.